The van der Waals surface area contributed by atoms with E-state index in [2.05, 4.69) is 10.3 Å². The highest BCUT2D eigenvalue weighted by atomic mass is 32.1. The molecule has 2 amide bonds. The molecule has 0 spiro atoms. The van der Waals surface area contributed by atoms with E-state index in [0.29, 0.717) is 44.8 Å². The van der Waals surface area contributed by atoms with Crippen LogP contribution < -0.4 is 11.1 Å². The molecule has 210 valence electrons. The molecule has 8 nitrogen and oxygen atoms in total. The van der Waals surface area contributed by atoms with Gasteiger partial charge in [-0.15, -0.1) is 11.3 Å². The molecule has 0 saturated carbocycles. The zero-order valence-corrected chi connectivity index (χ0v) is 22.3. The van der Waals surface area contributed by atoms with E-state index in [1.54, 1.807) is 29.8 Å². The number of aromatic nitrogens is 1. The number of thiophene rings is 1. The summed E-state index contributed by atoms with van der Waals surface area (Å²) in [5, 5.41) is 4.12. The lowest BCUT2D eigenvalue weighted by Crippen LogP contribution is -2.70. The van der Waals surface area contributed by atoms with Crippen molar-refractivity contribution in [1.29, 1.82) is 0 Å². The van der Waals surface area contributed by atoms with Crippen LogP contribution in [0.1, 0.15) is 30.6 Å². The predicted octanol–water partition coefficient (Wildman–Crippen LogP) is 3.84. The minimum atomic E-state index is -4.54. The van der Waals surface area contributed by atoms with Gasteiger partial charge in [0.15, 0.2) is 0 Å². The van der Waals surface area contributed by atoms with Gasteiger partial charge in [0, 0.05) is 44.9 Å². The first-order valence-corrected chi connectivity index (χ1v) is 13.6. The number of pyridine rings is 1. The average Bonchev–Trinajstić information content (AvgIpc) is 3.58. The number of primary amides is 1. The minimum absolute atomic E-state index is 0.176. The number of hydrogen-bond acceptors (Lipinski definition) is 7. The number of halogens is 3. The molecule has 1 aliphatic heterocycles. The maximum Gasteiger partial charge on any atom is 0.405 e. The Kier molecular flexibility index (Phi) is 9.41. The molecule has 1 aliphatic rings. The molecular formula is C27H32F3N5O3S. The van der Waals surface area contributed by atoms with Gasteiger partial charge in [-0.1, -0.05) is 12.1 Å². The number of hydrogen-bond donors (Lipinski definition) is 2. The van der Waals surface area contributed by atoms with Crippen LogP contribution in [0.15, 0.2) is 58.6 Å². The quantitative estimate of drug-likeness (QED) is 0.325. The van der Waals surface area contributed by atoms with Crippen molar-refractivity contribution in [3.05, 3.63) is 65.5 Å². The Balaban J connectivity index is 1.59. The zero-order chi connectivity index (χ0) is 27.9. The van der Waals surface area contributed by atoms with Gasteiger partial charge in [-0.3, -0.25) is 24.4 Å². The van der Waals surface area contributed by atoms with E-state index in [0.717, 1.165) is 16.2 Å². The number of carbonyl (C=O) groups excluding carboxylic acids is 2. The van der Waals surface area contributed by atoms with Crippen LogP contribution in [0.3, 0.4) is 0 Å². The van der Waals surface area contributed by atoms with Crippen molar-refractivity contribution < 1.29 is 27.2 Å². The highest BCUT2D eigenvalue weighted by molar-refractivity contribution is 7.13. The molecule has 1 saturated heterocycles. The Hall–Kier alpha value is -3.22. The molecule has 3 aromatic heterocycles. The van der Waals surface area contributed by atoms with Crippen LogP contribution in [-0.4, -0.2) is 71.0 Å². The lowest BCUT2D eigenvalue weighted by Gasteiger charge is -2.50. The van der Waals surface area contributed by atoms with E-state index in [-0.39, 0.29) is 19.4 Å². The van der Waals surface area contributed by atoms with Gasteiger partial charge in [0.05, 0.1) is 11.4 Å². The van der Waals surface area contributed by atoms with Crippen molar-refractivity contribution in [2.24, 2.45) is 5.73 Å². The van der Waals surface area contributed by atoms with Crippen LogP contribution in [0.2, 0.25) is 0 Å². The number of carbonyl (C=O) groups is 2. The number of nitrogens with two attached hydrogens (primary N) is 1. The predicted molar refractivity (Wildman–Crippen MR) is 142 cm³/mol. The maximum absolute atomic E-state index is 13.7. The van der Waals surface area contributed by atoms with Crippen LogP contribution in [-0.2, 0) is 22.6 Å². The molecule has 1 unspecified atom stereocenters. The Bertz CT molecular complexity index is 1220. The van der Waals surface area contributed by atoms with Crippen molar-refractivity contribution in [2.75, 3.05) is 32.7 Å². The summed E-state index contributed by atoms with van der Waals surface area (Å²) < 4.78 is 45.5. The summed E-state index contributed by atoms with van der Waals surface area (Å²) in [5.74, 6) is 0.351. The van der Waals surface area contributed by atoms with Crippen molar-refractivity contribution in [1.82, 2.24) is 20.1 Å². The molecule has 4 rings (SSSR count). The first-order chi connectivity index (χ1) is 18.6. The van der Waals surface area contributed by atoms with Gasteiger partial charge in [0.1, 0.15) is 23.6 Å². The summed E-state index contributed by atoms with van der Waals surface area (Å²) in [6, 6.07) is 11.2. The first-order valence-electron chi connectivity index (χ1n) is 12.8. The molecule has 0 aliphatic carbocycles. The van der Waals surface area contributed by atoms with E-state index >= 15 is 0 Å². The molecule has 3 aromatic rings. The Morgan fingerprint density at radius 3 is 2.69 bits per heavy atom. The van der Waals surface area contributed by atoms with Crippen LogP contribution in [0, 0.1) is 0 Å². The molecule has 4 heterocycles. The molecule has 0 radical (unpaired) electrons. The number of amides is 2. The molecule has 39 heavy (non-hydrogen) atoms. The highest BCUT2D eigenvalue weighted by Gasteiger charge is 2.48. The number of unbranched alkanes of at least 4 members (excludes halogenated alkanes) is 1. The fourth-order valence-electron chi connectivity index (χ4n) is 4.97. The van der Waals surface area contributed by atoms with Crippen molar-refractivity contribution in [3.8, 4) is 10.6 Å². The Labute approximate surface area is 229 Å². The largest absolute Gasteiger partial charge is 0.459 e. The fourth-order valence-corrected chi connectivity index (χ4v) is 5.66. The third-order valence-corrected chi connectivity index (χ3v) is 7.66. The standard InChI is InChI=1S/C27H32F3N5O3S/c28-27(29,30)18-33-25(37)26(15-20-5-3-10-32-16-20)19-34(12-13-35(26)11-2-1-7-24(31)36)17-21-8-9-22(38-21)23-6-4-14-39-23/h3-6,8-10,14,16H,1-2,7,11-13,15,17-19H2,(H2,31,36)(H,33,37). The summed E-state index contributed by atoms with van der Waals surface area (Å²) in [6.45, 7) is 0.655. The van der Waals surface area contributed by atoms with Crippen molar-refractivity contribution >= 4 is 23.2 Å². The number of rotatable bonds is 12. The van der Waals surface area contributed by atoms with Gasteiger partial charge in [-0.05, 0) is 54.6 Å². The maximum atomic E-state index is 13.7. The van der Waals surface area contributed by atoms with Crippen LogP contribution >= 0.6 is 11.3 Å². The first kappa shape index (κ1) is 28.8. The summed E-state index contributed by atoms with van der Waals surface area (Å²) in [5.41, 5.74) is 4.72. The normalized spacial score (nSPS) is 18.7. The summed E-state index contributed by atoms with van der Waals surface area (Å²) in [7, 11) is 0. The van der Waals surface area contributed by atoms with Crippen LogP contribution in [0.4, 0.5) is 13.2 Å². The molecule has 3 N–H and O–H groups in total. The summed E-state index contributed by atoms with van der Waals surface area (Å²) in [4.78, 5) is 34.0. The Morgan fingerprint density at radius 2 is 2.00 bits per heavy atom. The topological polar surface area (TPSA) is 105 Å². The van der Waals surface area contributed by atoms with Gasteiger partial charge in [-0.25, -0.2) is 0 Å². The molecule has 1 fully saturated rings. The second kappa shape index (κ2) is 12.8. The number of alkyl halides is 3. The third kappa shape index (κ3) is 7.90. The lowest BCUT2D eigenvalue weighted by molar-refractivity contribution is -0.150. The van der Waals surface area contributed by atoms with Gasteiger partial charge in [0.2, 0.25) is 11.8 Å². The zero-order valence-electron chi connectivity index (χ0n) is 21.5. The molecule has 0 aromatic carbocycles. The van der Waals surface area contributed by atoms with Crippen LogP contribution in [0.25, 0.3) is 10.6 Å². The van der Waals surface area contributed by atoms with Crippen molar-refractivity contribution in [3.63, 3.8) is 0 Å². The third-order valence-electron chi connectivity index (χ3n) is 6.77. The van der Waals surface area contributed by atoms with E-state index in [1.165, 1.54) is 0 Å². The summed E-state index contributed by atoms with van der Waals surface area (Å²) in [6.07, 6.45) is 0.182. The number of nitrogens with one attached hydrogen (secondary N) is 1. The van der Waals surface area contributed by atoms with E-state index in [1.807, 2.05) is 45.5 Å². The number of furan rings is 1. The average molecular weight is 564 g/mol. The molecule has 12 heteroatoms. The van der Waals surface area contributed by atoms with Crippen LogP contribution in [0.5, 0.6) is 0 Å². The van der Waals surface area contributed by atoms with Gasteiger partial charge >= 0.3 is 6.18 Å². The molecular weight excluding hydrogens is 531 g/mol. The Morgan fingerprint density at radius 1 is 1.15 bits per heavy atom. The van der Waals surface area contributed by atoms with E-state index in [9.17, 15) is 22.8 Å². The smallest absolute Gasteiger partial charge is 0.405 e. The second-order valence-corrected chi connectivity index (χ2v) is 10.7. The second-order valence-electron chi connectivity index (χ2n) is 9.73. The van der Waals surface area contributed by atoms with E-state index < -0.39 is 30.1 Å². The lowest BCUT2D eigenvalue weighted by atomic mass is 9.85. The van der Waals surface area contributed by atoms with Gasteiger partial charge < -0.3 is 15.5 Å². The monoisotopic (exact) mass is 563 g/mol. The minimum Gasteiger partial charge on any atom is -0.459 e. The number of nitrogens with zero attached hydrogens (tertiary/aromatic N) is 3. The van der Waals surface area contributed by atoms with Crippen molar-refractivity contribution in [2.45, 2.75) is 43.9 Å². The summed E-state index contributed by atoms with van der Waals surface area (Å²) >= 11 is 1.57. The SMILES string of the molecule is NC(=O)CCCCN1CCN(Cc2ccc(-c3cccs3)o2)CC1(Cc1cccnc1)C(=O)NCC(F)(F)F. The van der Waals surface area contributed by atoms with Gasteiger partial charge in [0.25, 0.3) is 0 Å². The number of piperazine rings is 1. The van der Waals surface area contributed by atoms with Gasteiger partial charge in [-0.2, -0.15) is 13.2 Å². The molecule has 1 atom stereocenters. The molecule has 0 bridgehead atoms. The van der Waals surface area contributed by atoms with E-state index in [4.69, 9.17) is 10.2 Å². The highest BCUT2D eigenvalue weighted by Crippen LogP contribution is 2.31. The fraction of sp³-hybridized carbons (Fsp3) is 0.444.